The highest BCUT2D eigenvalue weighted by Crippen LogP contribution is 2.45. The maximum atomic E-state index is 13.9. The second-order valence-electron chi connectivity index (χ2n) is 8.69. The van der Waals surface area contributed by atoms with Gasteiger partial charge in [-0.05, 0) is 49.7 Å². The van der Waals surface area contributed by atoms with Crippen LogP contribution in [0.15, 0.2) is 77.2 Å². The Morgan fingerprint density at radius 3 is 2.55 bits per heavy atom. The lowest BCUT2D eigenvalue weighted by Crippen LogP contribution is -2.64. The Hall–Kier alpha value is -3.35. The molecule has 2 atom stereocenters. The molecule has 1 aliphatic heterocycles. The van der Waals surface area contributed by atoms with Gasteiger partial charge in [-0.3, -0.25) is 0 Å². The largest absolute Gasteiger partial charge is 0.485 e. The molecule has 5 nitrogen and oxygen atoms in total. The first-order valence-electron chi connectivity index (χ1n) is 11.0. The number of rotatable bonds is 6. The predicted molar refractivity (Wildman–Crippen MR) is 124 cm³/mol. The number of nitrogens with one attached hydrogen (secondary N) is 1. The summed E-state index contributed by atoms with van der Waals surface area (Å²) in [5, 5.41) is 16.0. The van der Waals surface area contributed by atoms with Crippen molar-refractivity contribution in [3.05, 3.63) is 95.5 Å². The number of hydrogen-bond donors (Lipinski definition) is 2. The van der Waals surface area contributed by atoms with Gasteiger partial charge in [0.1, 0.15) is 23.8 Å². The van der Waals surface area contributed by atoms with Crippen LogP contribution in [0.4, 0.5) is 4.39 Å². The molecule has 1 aliphatic rings. The third-order valence-corrected chi connectivity index (χ3v) is 6.43. The highest BCUT2D eigenvalue weighted by Gasteiger charge is 2.56. The van der Waals surface area contributed by atoms with Crippen LogP contribution in [0, 0.1) is 12.7 Å². The molecule has 0 fully saturated rings. The third-order valence-electron chi connectivity index (χ3n) is 6.43. The van der Waals surface area contributed by atoms with Crippen molar-refractivity contribution in [3.8, 4) is 11.5 Å². The van der Waals surface area contributed by atoms with Gasteiger partial charge >= 0.3 is 0 Å². The van der Waals surface area contributed by atoms with Crippen molar-refractivity contribution in [1.82, 2.24) is 5.32 Å². The summed E-state index contributed by atoms with van der Waals surface area (Å²) in [7, 11) is 0. The Morgan fingerprint density at radius 2 is 1.76 bits per heavy atom. The van der Waals surface area contributed by atoms with Crippen LogP contribution in [0.1, 0.15) is 23.8 Å². The number of aryl methyl sites for hydroxylation is 1. The molecule has 0 radical (unpaired) electrons. The van der Waals surface area contributed by atoms with Gasteiger partial charge in [-0.2, -0.15) is 0 Å². The van der Waals surface area contributed by atoms with Crippen molar-refractivity contribution in [1.29, 1.82) is 0 Å². The van der Waals surface area contributed by atoms with Crippen molar-refractivity contribution in [2.75, 3.05) is 13.2 Å². The Balaban J connectivity index is 1.54. The number of furan rings is 1. The van der Waals surface area contributed by atoms with Gasteiger partial charge in [0, 0.05) is 24.0 Å². The van der Waals surface area contributed by atoms with E-state index in [1.54, 1.807) is 13.0 Å². The number of ether oxygens (including phenoxy) is 2. The van der Waals surface area contributed by atoms with E-state index in [1.165, 1.54) is 12.1 Å². The summed E-state index contributed by atoms with van der Waals surface area (Å²) in [6.07, 6.45) is 0. The fourth-order valence-electron chi connectivity index (χ4n) is 4.46. The minimum Gasteiger partial charge on any atom is -0.485 e. The number of hydrogen-bond acceptors (Lipinski definition) is 5. The zero-order chi connectivity index (χ0) is 23.1. The molecule has 0 amide bonds. The van der Waals surface area contributed by atoms with Crippen molar-refractivity contribution in [2.24, 2.45) is 0 Å². The SMILES string of the molecule is Cc1c(C(C)(O)C2(CNCc3ccccc3)COc3ccccc3O2)oc2ccc(F)cc12. The van der Waals surface area contributed by atoms with Crippen molar-refractivity contribution >= 4 is 11.0 Å². The first-order chi connectivity index (χ1) is 15.9. The first-order valence-corrected chi connectivity index (χ1v) is 11.0. The minimum atomic E-state index is -1.59. The zero-order valence-electron chi connectivity index (χ0n) is 18.6. The number of para-hydroxylation sites is 2. The number of aliphatic hydroxyl groups is 1. The van der Waals surface area contributed by atoms with E-state index < -0.39 is 11.2 Å². The van der Waals surface area contributed by atoms with Crippen LogP contribution in [-0.2, 0) is 12.1 Å². The molecule has 1 aromatic heterocycles. The smallest absolute Gasteiger partial charge is 0.190 e. The maximum Gasteiger partial charge on any atom is 0.190 e. The van der Waals surface area contributed by atoms with E-state index in [0.29, 0.717) is 40.3 Å². The summed E-state index contributed by atoms with van der Waals surface area (Å²) in [6, 6.07) is 21.7. The van der Waals surface area contributed by atoms with E-state index >= 15 is 0 Å². The Labute approximate surface area is 191 Å². The van der Waals surface area contributed by atoms with Crippen LogP contribution in [-0.4, -0.2) is 23.9 Å². The van der Waals surface area contributed by atoms with Crippen LogP contribution in [0.2, 0.25) is 0 Å². The summed E-state index contributed by atoms with van der Waals surface area (Å²) in [5.74, 6) is 1.14. The summed E-state index contributed by atoms with van der Waals surface area (Å²) in [5.41, 5.74) is -0.509. The molecule has 0 bridgehead atoms. The Bertz CT molecular complexity index is 1280. The normalized spacial score (nSPS) is 19.4. The van der Waals surface area contributed by atoms with Gasteiger partial charge in [0.05, 0.1) is 0 Å². The summed E-state index contributed by atoms with van der Waals surface area (Å²) in [4.78, 5) is 0. The van der Waals surface area contributed by atoms with Gasteiger partial charge in [-0.15, -0.1) is 0 Å². The summed E-state index contributed by atoms with van der Waals surface area (Å²) >= 11 is 0. The van der Waals surface area contributed by atoms with Crippen molar-refractivity contribution in [2.45, 2.75) is 31.6 Å². The van der Waals surface area contributed by atoms with E-state index in [2.05, 4.69) is 5.32 Å². The third kappa shape index (κ3) is 3.75. The quantitative estimate of drug-likeness (QED) is 0.431. The molecule has 2 heterocycles. The maximum absolute atomic E-state index is 13.9. The topological polar surface area (TPSA) is 63.9 Å². The molecule has 5 rings (SSSR count). The second-order valence-corrected chi connectivity index (χ2v) is 8.69. The van der Waals surface area contributed by atoms with E-state index in [1.807, 2.05) is 61.5 Å². The lowest BCUT2D eigenvalue weighted by atomic mass is 9.80. The highest BCUT2D eigenvalue weighted by atomic mass is 19.1. The molecular formula is C27H26FNO4. The van der Waals surface area contributed by atoms with Crippen LogP contribution in [0.5, 0.6) is 11.5 Å². The highest BCUT2D eigenvalue weighted by molar-refractivity contribution is 5.82. The zero-order valence-corrected chi connectivity index (χ0v) is 18.6. The second kappa shape index (κ2) is 8.21. The summed E-state index contributed by atoms with van der Waals surface area (Å²) in [6.45, 7) is 4.46. The van der Waals surface area contributed by atoms with Crippen molar-refractivity contribution in [3.63, 3.8) is 0 Å². The van der Waals surface area contributed by atoms with E-state index in [9.17, 15) is 9.50 Å². The van der Waals surface area contributed by atoms with Crippen LogP contribution in [0.25, 0.3) is 11.0 Å². The first kappa shape index (κ1) is 21.5. The Kier molecular flexibility index (Phi) is 5.35. The van der Waals surface area contributed by atoms with Gasteiger partial charge in [0.15, 0.2) is 22.7 Å². The predicted octanol–water partition coefficient (Wildman–Crippen LogP) is 5.09. The molecule has 4 aromatic rings. The molecule has 2 N–H and O–H groups in total. The van der Waals surface area contributed by atoms with Crippen molar-refractivity contribution < 1.29 is 23.4 Å². The lowest BCUT2D eigenvalue weighted by Gasteiger charge is -2.46. The average molecular weight is 448 g/mol. The lowest BCUT2D eigenvalue weighted by molar-refractivity contribution is -0.166. The molecule has 2 unspecified atom stereocenters. The van der Waals surface area contributed by atoms with Gasteiger partial charge in [0.2, 0.25) is 0 Å². The fourth-order valence-corrected chi connectivity index (χ4v) is 4.46. The number of benzene rings is 3. The molecule has 33 heavy (non-hydrogen) atoms. The molecule has 170 valence electrons. The molecule has 0 saturated heterocycles. The van der Waals surface area contributed by atoms with Crippen LogP contribution in [0.3, 0.4) is 0 Å². The van der Waals surface area contributed by atoms with Crippen LogP contribution < -0.4 is 14.8 Å². The average Bonchev–Trinajstić information content (AvgIpc) is 3.16. The molecule has 6 heteroatoms. The van der Waals surface area contributed by atoms with Gasteiger partial charge < -0.3 is 24.3 Å². The molecule has 0 aliphatic carbocycles. The number of fused-ring (bicyclic) bond motifs is 2. The van der Waals surface area contributed by atoms with E-state index in [4.69, 9.17) is 13.9 Å². The monoisotopic (exact) mass is 447 g/mol. The van der Waals surface area contributed by atoms with E-state index in [-0.39, 0.29) is 19.0 Å². The van der Waals surface area contributed by atoms with Crippen LogP contribution >= 0.6 is 0 Å². The van der Waals surface area contributed by atoms with Gasteiger partial charge in [-0.1, -0.05) is 42.5 Å². The molecule has 0 spiro atoms. The summed E-state index contributed by atoms with van der Waals surface area (Å²) < 4.78 is 32.5. The minimum absolute atomic E-state index is 0.101. The van der Waals surface area contributed by atoms with E-state index in [0.717, 1.165) is 5.56 Å². The Morgan fingerprint density at radius 1 is 1.03 bits per heavy atom. The molecular weight excluding hydrogens is 421 g/mol. The number of halogens is 1. The van der Waals surface area contributed by atoms with Gasteiger partial charge in [0.25, 0.3) is 0 Å². The standard InChI is InChI=1S/C27H26FNO4/c1-18-21-14-20(28)12-13-22(21)32-25(18)26(2,30)27(16-29-15-19-8-4-3-5-9-19)17-31-23-10-6-7-11-24(23)33-27/h3-14,29-30H,15-17H2,1-2H3. The van der Waals surface area contributed by atoms with Gasteiger partial charge in [-0.25, -0.2) is 4.39 Å². The fraction of sp³-hybridized carbons (Fsp3) is 0.259. The molecule has 0 saturated carbocycles. The molecule has 3 aromatic carbocycles.